The third kappa shape index (κ3) is 7.00. The number of aliphatic hydroxyl groups is 1. The summed E-state index contributed by atoms with van der Waals surface area (Å²) in [5.41, 5.74) is 0.667. The van der Waals surface area contributed by atoms with Gasteiger partial charge in [-0.3, -0.25) is 4.99 Å². The highest BCUT2D eigenvalue weighted by Crippen LogP contribution is 2.22. The van der Waals surface area contributed by atoms with E-state index in [1.54, 1.807) is 24.0 Å². The Bertz CT molecular complexity index is 624. The zero-order chi connectivity index (χ0) is 18.9. The summed E-state index contributed by atoms with van der Waals surface area (Å²) in [6.45, 7) is 7.59. The number of aliphatic imine (C=N–C) groups is 1. The Morgan fingerprint density at radius 2 is 1.89 bits per heavy atom. The van der Waals surface area contributed by atoms with E-state index in [1.165, 1.54) is 0 Å². The molecule has 0 spiro atoms. The van der Waals surface area contributed by atoms with Crippen LogP contribution in [0.2, 0.25) is 5.02 Å². The Balaban J connectivity index is 0.00000364. The van der Waals surface area contributed by atoms with Crippen molar-refractivity contribution < 1.29 is 14.6 Å². The summed E-state index contributed by atoms with van der Waals surface area (Å²) in [6.07, 6.45) is -1.04. The normalized spacial score (nSPS) is 15.8. The number of carbonyl (C=O) groups is 1. The van der Waals surface area contributed by atoms with Crippen molar-refractivity contribution in [2.75, 3.05) is 45.9 Å². The Hall–Kier alpha value is -1.26. The molecule has 1 heterocycles. The Morgan fingerprint density at radius 1 is 1.26 bits per heavy atom. The van der Waals surface area contributed by atoms with Gasteiger partial charge in [-0.1, -0.05) is 29.8 Å². The smallest absolute Gasteiger partial charge is 0.409 e. The quantitative estimate of drug-likeness (QED) is 0.362. The molecule has 0 aliphatic carbocycles. The first-order chi connectivity index (χ1) is 12.6. The lowest BCUT2D eigenvalue weighted by Crippen LogP contribution is -2.54. The molecule has 1 aliphatic heterocycles. The average molecular weight is 511 g/mol. The van der Waals surface area contributed by atoms with Crippen LogP contribution in [0.15, 0.2) is 29.3 Å². The van der Waals surface area contributed by atoms with Gasteiger partial charge < -0.3 is 25.0 Å². The lowest BCUT2D eigenvalue weighted by Gasteiger charge is -2.36. The van der Waals surface area contributed by atoms with Gasteiger partial charge in [-0.2, -0.15) is 0 Å². The molecule has 152 valence electrons. The molecule has 1 fully saturated rings. The monoisotopic (exact) mass is 510 g/mol. The summed E-state index contributed by atoms with van der Waals surface area (Å²) in [6, 6.07) is 7.22. The minimum atomic E-state index is -0.766. The van der Waals surface area contributed by atoms with E-state index >= 15 is 0 Å². The van der Waals surface area contributed by atoms with Crippen LogP contribution >= 0.6 is 35.6 Å². The van der Waals surface area contributed by atoms with Gasteiger partial charge in [0.2, 0.25) is 0 Å². The first kappa shape index (κ1) is 23.8. The second-order valence-corrected chi connectivity index (χ2v) is 6.31. The molecule has 1 aromatic rings. The molecule has 1 amide bonds. The predicted molar refractivity (Wildman–Crippen MR) is 118 cm³/mol. The molecule has 1 unspecified atom stereocenters. The highest BCUT2D eigenvalue weighted by molar-refractivity contribution is 14.0. The Labute approximate surface area is 182 Å². The number of ether oxygens (including phenoxy) is 1. The molecule has 0 radical (unpaired) electrons. The molecule has 2 rings (SSSR count). The van der Waals surface area contributed by atoms with Crippen LogP contribution in [-0.2, 0) is 4.74 Å². The maximum Gasteiger partial charge on any atom is 0.409 e. The van der Waals surface area contributed by atoms with Gasteiger partial charge in [0.1, 0.15) is 6.10 Å². The van der Waals surface area contributed by atoms with Crippen LogP contribution in [0.3, 0.4) is 0 Å². The van der Waals surface area contributed by atoms with Crippen molar-refractivity contribution in [3.05, 3.63) is 34.9 Å². The van der Waals surface area contributed by atoms with Crippen LogP contribution in [0.1, 0.15) is 25.5 Å². The zero-order valence-corrected chi connectivity index (χ0v) is 18.8. The van der Waals surface area contributed by atoms with Crippen molar-refractivity contribution >= 4 is 47.6 Å². The van der Waals surface area contributed by atoms with Crippen molar-refractivity contribution in [3.63, 3.8) is 0 Å². The summed E-state index contributed by atoms with van der Waals surface area (Å²) in [7, 11) is 0. The van der Waals surface area contributed by atoms with Crippen LogP contribution < -0.4 is 5.32 Å². The number of carbonyl (C=O) groups excluding carboxylic acids is 1. The number of amides is 1. The van der Waals surface area contributed by atoms with E-state index in [2.05, 4.69) is 15.2 Å². The summed E-state index contributed by atoms with van der Waals surface area (Å²) in [5, 5.41) is 14.2. The average Bonchev–Trinajstić information content (AvgIpc) is 2.65. The lowest BCUT2D eigenvalue weighted by atomic mass is 10.1. The topological polar surface area (TPSA) is 77.4 Å². The number of halogens is 2. The number of rotatable bonds is 5. The van der Waals surface area contributed by atoms with Crippen LogP contribution in [-0.4, -0.2) is 72.8 Å². The van der Waals surface area contributed by atoms with E-state index in [0.717, 1.165) is 12.5 Å². The Kier molecular flexibility index (Phi) is 10.8. The lowest BCUT2D eigenvalue weighted by molar-refractivity contribution is 0.0914. The maximum absolute atomic E-state index is 11.8. The fourth-order valence-corrected chi connectivity index (χ4v) is 3.02. The highest BCUT2D eigenvalue weighted by atomic mass is 127. The van der Waals surface area contributed by atoms with Crippen LogP contribution in [0.25, 0.3) is 0 Å². The zero-order valence-electron chi connectivity index (χ0n) is 15.7. The van der Waals surface area contributed by atoms with E-state index in [-0.39, 0.29) is 36.6 Å². The molecule has 27 heavy (non-hydrogen) atoms. The molecule has 2 N–H and O–H groups in total. The van der Waals surface area contributed by atoms with Gasteiger partial charge in [0.15, 0.2) is 5.96 Å². The van der Waals surface area contributed by atoms with Gasteiger partial charge in [0.25, 0.3) is 0 Å². The van der Waals surface area contributed by atoms with E-state index < -0.39 is 6.10 Å². The minimum absolute atomic E-state index is 0. The molecule has 7 nitrogen and oxygen atoms in total. The second-order valence-electron chi connectivity index (χ2n) is 5.90. The van der Waals surface area contributed by atoms with Crippen LogP contribution in [0.5, 0.6) is 0 Å². The molecule has 0 aromatic heterocycles. The molecule has 1 saturated heterocycles. The van der Waals surface area contributed by atoms with Crippen molar-refractivity contribution in [1.82, 2.24) is 15.1 Å². The number of benzene rings is 1. The highest BCUT2D eigenvalue weighted by Gasteiger charge is 2.24. The third-order valence-electron chi connectivity index (χ3n) is 4.12. The summed E-state index contributed by atoms with van der Waals surface area (Å²) in [5.74, 6) is 0.724. The molecule has 1 atom stereocenters. The molecule has 0 bridgehead atoms. The second kappa shape index (κ2) is 12.2. The number of nitrogens with one attached hydrogen (secondary N) is 1. The number of piperazine rings is 1. The number of nitrogens with zero attached hydrogens (tertiary/aromatic N) is 3. The number of guanidine groups is 1. The fourth-order valence-electron chi connectivity index (χ4n) is 2.76. The van der Waals surface area contributed by atoms with Crippen molar-refractivity contribution in [1.29, 1.82) is 0 Å². The number of aliphatic hydroxyl groups excluding tert-OH is 1. The van der Waals surface area contributed by atoms with Gasteiger partial charge >= 0.3 is 6.09 Å². The van der Waals surface area contributed by atoms with Crippen LogP contribution in [0, 0.1) is 0 Å². The number of hydrogen-bond donors (Lipinski definition) is 2. The molecule has 1 aliphatic rings. The number of hydrogen-bond acceptors (Lipinski definition) is 4. The summed E-state index contributed by atoms with van der Waals surface area (Å²) < 4.78 is 5.04. The largest absolute Gasteiger partial charge is 0.450 e. The van der Waals surface area contributed by atoms with E-state index in [9.17, 15) is 9.90 Å². The maximum atomic E-state index is 11.8. The van der Waals surface area contributed by atoms with Gasteiger partial charge in [0.05, 0.1) is 13.2 Å². The molecule has 9 heteroatoms. The van der Waals surface area contributed by atoms with E-state index in [4.69, 9.17) is 16.3 Å². The third-order valence-corrected chi connectivity index (χ3v) is 4.46. The van der Waals surface area contributed by atoms with Crippen molar-refractivity contribution in [3.8, 4) is 0 Å². The Morgan fingerprint density at radius 3 is 2.48 bits per heavy atom. The van der Waals surface area contributed by atoms with Crippen molar-refractivity contribution in [2.45, 2.75) is 20.0 Å². The molecule has 0 saturated carbocycles. The van der Waals surface area contributed by atoms with E-state index in [0.29, 0.717) is 43.4 Å². The van der Waals surface area contributed by atoms with Crippen LogP contribution in [0.4, 0.5) is 4.79 Å². The molecule has 1 aromatic carbocycles. The summed E-state index contributed by atoms with van der Waals surface area (Å²) >= 11 is 6.13. The SMILES string of the molecule is CCNC(=NCC(O)c1ccccc1Cl)N1CCN(C(=O)OCC)CC1.I. The minimum Gasteiger partial charge on any atom is -0.450 e. The standard InChI is InChI=1S/C18H27ClN4O3.HI/c1-3-20-17(21-13-16(24)14-7-5-6-8-15(14)19)22-9-11-23(12-10-22)18(25)26-4-2;/h5-8,16,24H,3-4,9-13H2,1-2H3,(H,20,21);1H. The van der Waals surface area contributed by atoms with Gasteiger partial charge in [-0.25, -0.2) is 4.79 Å². The first-order valence-electron chi connectivity index (χ1n) is 8.94. The van der Waals surface area contributed by atoms with Gasteiger partial charge in [-0.05, 0) is 19.9 Å². The molecular formula is C18H28ClIN4O3. The first-order valence-corrected chi connectivity index (χ1v) is 9.32. The van der Waals surface area contributed by atoms with Crippen molar-refractivity contribution in [2.24, 2.45) is 4.99 Å². The molecular weight excluding hydrogens is 483 g/mol. The fraction of sp³-hybridized carbons (Fsp3) is 0.556. The van der Waals surface area contributed by atoms with Gasteiger partial charge in [-0.15, -0.1) is 24.0 Å². The summed E-state index contributed by atoms with van der Waals surface area (Å²) in [4.78, 5) is 20.1. The van der Waals surface area contributed by atoms with Gasteiger partial charge in [0, 0.05) is 43.3 Å². The predicted octanol–water partition coefficient (Wildman–Crippen LogP) is 2.73. The van der Waals surface area contributed by atoms with E-state index in [1.807, 2.05) is 19.1 Å².